The summed E-state index contributed by atoms with van der Waals surface area (Å²) in [6.07, 6.45) is 1.08. The molecule has 1 N–H and O–H groups in total. The Labute approximate surface area is 179 Å². The van der Waals surface area contributed by atoms with Gasteiger partial charge in [0, 0.05) is 50.2 Å². The smallest absolute Gasteiger partial charge is 0.216 e. The third-order valence-corrected chi connectivity index (χ3v) is 7.39. The summed E-state index contributed by atoms with van der Waals surface area (Å²) in [5.41, 5.74) is 1.24. The normalized spacial score (nSPS) is 23.5. The van der Waals surface area contributed by atoms with Crippen LogP contribution in [-0.2, 0) is 14.8 Å². The van der Waals surface area contributed by atoms with E-state index in [9.17, 15) is 8.42 Å². The summed E-state index contributed by atoms with van der Waals surface area (Å²) in [6.45, 7) is 6.22. The number of hydrogen-bond acceptors (Lipinski definition) is 4. The van der Waals surface area contributed by atoms with Crippen molar-refractivity contribution in [2.24, 2.45) is 4.99 Å². The van der Waals surface area contributed by atoms with Gasteiger partial charge in [0.1, 0.15) is 0 Å². The minimum Gasteiger partial charge on any atom is -0.378 e. The van der Waals surface area contributed by atoms with E-state index in [-0.39, 0.29) is 18.5 Å². The molecule has 2 aliphatic rings. The Kier molecular flexibility index (Phi) is 7.42. The van der Waals surface area contributed by atoms with Gasteiger partial charge in [-0.3, -0.25) is 4.99 Å². The lowest BCUT2D eigenvalue weighted by Gasteiger charge is -2.36. The Morgan fingerprint density at radius 1 is 1.31 bits per heavy atom. The van der Waals surface area contributed by atoms with Crippen LogP contribution in [0.2, 0.25) is 5.02 Å². The Balaban J connectivity index is 1.48. The maximum atomic E-state index is 12.5. The van der Waals surface area contributed by atoms with Crippen molar-refractivity contribution in [1.82, 2.24) is 14.5 Å². The number of piperazine rings is 1. The number of sulfonamides is 1. The number of halogens is 1. The Hall–Kier alpha value is -1.35. The van der Waals surface area contributed by atoms with Crippen LogP contribution in [0.5, 0.6) is 0 Å². The van der Waals surface area contributed by atoms with E-state index < -0.39 is 10.0 Å². The average molecular weight is 443 g/mol. The SMILES string of the molecule is CN=C(NC1CC1c1cccc(Cl)c1)N1CCN(S(=O)(=O)CCOC(C)C)CC1. The monoisotopic (exact) mass is 442 g/mol. The molecular formula is C20H31ClN4O3S. The van der Waals surface area contributed by atoms with Crippen molar-refractivity contribution in [3.05, 3.63) is 34.9 Å². The Morgan fingerprint density at radius 2 is 2.03 bits per heavy atom. The van der Waals surface area contributed by atoms with Gasteiger partial charge < -0.3 is 15.0 Å². The first-order chi connectivity index (χ1) is 13.8. The van der Waals surface area contributed by atoms with Crippen LogP contribution in [-0.4, -0.2) is 81.3 Å². The summed E-state index contributed by atoms with van der Waals surface area (Å²) in [5.74, 6) is 1.30. The van der Waals surface area contributed by atoms with Crippen LogP contribution >= 0.6 is 11.6 Å². The molecule has 0 amide bonds. The number of aliphatic imine (C=N–C) groups is 1. The summed E-state index contributed by atoms with van der Waals surface area (Å²) in [4.78, 5) is 6.54. The third-order valence-electron chi connectivity index (χ3n) is 5.32. The molecule has 2 unspecified atom stereocenters. The first-order valence-electron chi connectivity index (χ1n) is 10.1. The van der Waals surface area contributed by atoms with Gasteiger partial charge in [-0.25, -0.2) is 8.42 Å². The van der Waals surface area contributed by atoms with E-state index in [4.69, 9.17) is 16.3 Å². The van der Waals surface area contributed by atoms with Crippen LogP contribution in [0, 0.1) is 0 Å². The van der Waals surface area contributed by atoms with Gasteiger partial charge >= 0.3 is 0 Å². The lowest BCUT2D eigenvalue weighted by atomic mass is 10.1. The zero-order chi connectivity index (χ0) is 21.0. The zero-order valence-corrected chi connectivity index (χ0v) is 18.9. The third kappa shape index (κ3) is 6.07. The summed E-state index contributed by atoms with van der Waals surface area (Å²) in [5, 5.41) is 4.28. The Bertz CT molecular complexity index is 823. The average Bonchev–Trinajstić information content (AvgIpc) is 3.45. The second kappa shape index (κ2) is 9.64. The molecule has 2 fully saturated rings. The van der Waals surface area contributed by atoms with Gasteiger partial charge in [-0.15, -0.1) is 0 Å². The van der Waals surface area contributed by atoms with Crippen LogP contribution in [0.15, 0.2) is 29.3 Å². The maximum absolute atomic E-state index is 12.5. The molecule has 7 nitrogen and oxygen atoms in total. The van der Waals surface area contributed by atoms with E-state index in [1.165, 1.54) is 5.56 Å². The van der Waals surface area contributed by atoms with Crippen molar-refractivity contribution in [1.29, 1.82) is 0 Å². The largest absolute Gasteiger partial charge is 0.378 e. The molecule has 0 spiro atoms. The van der Waals surface area contributed by atoms with Crippen molar-refractivity contribution >= 4 is 27.6 Å². The van der Waals surface area contributed by atoms with Gasteiger partial charge in [0.2, 0.25) is 10.0 Å². The van der Waals surface area contributed by atoms with E-state index in [1.807, 2.05) is 32.0 Å². The molecule has 9 heteroatoms. The predicted octanol–water partition coefficient (Wildman–Crippen LogP) is 2.14. The molecule has 0 bridgehead atoms. The van der Waals surface area contributed by atoms with Crippen LogP contribution in [0.4, 0.5) is 0 Å². The molecule has 2 atom stereocenters. The topological polar surface area (TPSA) is 74.2 Å². The first-order valence-corrected chi connectivity index (χ1v) is 12.1. The molecule has 1 aliphatic carbocycles. The second-order valence-electron chi connectivity index (χ2n) is 7.82. The van der Waals surface area contributed by atoms with Gasteiger partial charge in [-0.2, -0.15) is 4.31 Å². The first kappa shape index (κ1) is 22.3. The van der Waals surface area contributed by atoms with Gasteiger partial charge in [0.25, 0.3) is 0 Å². The molecule has 3 rings (SSSR count). The van der Waals surface area contributed by atoms with E-state index >= 15 is 0 Å². The summed E-state index contributed by atoms with van der Waals surface area (Å²) >= 11 is 6.10. The number of nitrogens with zero attached hydrogens (tertiary/aromatic N) is 3. The fourth-order valence-electron chi connectivity index (χ4n) is 3.62. The molecule has 29 heavy (non-hydrogen) atoms. The molecule has 162 valence electrons. The van der Waals surface area contributed by atoms with Crippen LogP contribution in [0.25, 0.3) is 0 Å². The van der Waals surface area contributed by atoms with Crippen LogP contribution < -0.4 is 5.32 Å². The number of hydrogen-bond donors (Lipinski definition) is 1. The standard InChI is InChI=1S/C20H31ClN4O3S/c1-15(2)28-11-12-29(26,27)25-9-7-24(8-10-25)20(22-3)23-19-14-18(19)16-5-4-6-17(21)13-16/h4-6,13,15,18-19H,7-12,14H2,1-3H3,(H,22,23). The fraction of sp³-hybridized carbons (Fsp3) is 0.650. The van der Waals surface area contributed by atoms with Gasteiger partial charge in [0.05, 0.1) is 18.5 Å². The highest BCUT2D eigenvalue weighted by atomic mass is 35.5. The summed E-state index contributed by atoms with van der Waals surface area (Å²) in [7, 11) is -1.52. The maximum Gasteiger partial charge on any atom is 0.216 e. The van der Waals surface area contributed by atoms with Crippen molar-refractivity contribution < 1.29 is 13.2 Å². The van der Waals surface area contributed by atoms with Crippen molar-refractivity contribution in [2.75, 3.05) is 45.6 Å². The molecule has 1 saturated heterocycles. The van der Waals surface area contributed by atoms with Crippen molar-refractivity contribution in [3.8, 4) is 0 Å². The molecule has 0 aromatic heterocycles. The van der Waals surface area contributed by atoms with Crippen LogP contribution in [0.3, 0.4) is 0 Å². The summed E-state index contributed by atoms with van der Waals surface area (Å²) in [6, 6.07) is 8.32. The minimum absolute atomic E-state index is 0.0293. The number of nitrogens with one attached hydrogen (secondary N) is 1. The van der Waals surface area contributed by atoms with E-state index in [0.717, 1.165) is 17.4 Å². The highest BCUT2D eigenvalue weighted by molar-refractivity contribution is 7.89. The minimum atomic E-state index is -3.29. The van der Waals surface area contributed by atoms with E-state index in [2.05, 4.69) is 21.3 Å². The summed E-state index contributed by atoms with van der Waals surface area (Å²) < 4.78 is 32.0. The number of guanidine groups is 1. The highest BCUT2D eigenvalue weighted by Gasteiger charge is 2.40. The zero-order valence-electron chi connectivity index (χ0n) is 17.3. The second-order valence-corrected chi connectivity index (χ2v) is 10.3. The van der Waals surface area contributed by atoms with E-state index in [1.54, 1.807) is 11.4 Å². The highest BCUT2D eigenvalue weighted by Crippen LogP contribution is 2.41. The molecule has 1 saturated carbocycles. The van der Waals surface area contributed by atoms with Crippen LogP contribution in [0.1, 0.15) is 31.7 Å². The molecule has 0 radical (unpaired) electrons. The molecule has 1 heterocycles. The van der Waals surface area contributed by atoms with Gasteiger partial charge in [-0.1, -0.05) is 23.7 Å². The fourth-order valence-corrected chi connectivity index (χ4v) is 5.10. The molecule has 1 aliphatic heterocycles. The quantitative estimate of drug-likeness (QED) is 0.517. The lowest BCUT2D eigenvalue weighted by molar-refractivity contribution is 0.0904. The number of rotatable bonds is 7. The predicted molar refractivity (Wildman–Crippen MR) is 117 cm³/mol. The van der Waals surface area contributed by atoms with Gasteiger partial charge in [-0.05, 0) is 38.0 Å². The lowest BCUT2D eigenvalue weighted by Crippen LogP contribution is -2.54. The van der Waals surface area contributed by atoms with E-state index in [0.29, 0.717) is 38.1 Å². The number of benzene rings is 1. The van der Waals surface area contributed by atoms with Crippen molar-refractivity contribution in [2.45, 2.75) is 38.3 Å². The Morgan fingerprint density at radius 3 is 2.66 bits per heavy atom. The number of ether oxygens (including phenoxy) is 1. The van der Waals surface area contributed by atoms with Crippen molar-refractivity contribution in [3.63, 3.8) is 0 Å². The molecule has 1 aromatic rings. The molecule has 1 aromatic carbocycles. The molecular weight excluding hydrogens is 412 g/mol. The van der Waals surface area contributed by atoms with Gasteiger partial charge in [0.15, 0.2) is 5.96 Å².